The number of anilines is 1. The lowest BCUT2D eigenvalue weighted by molar-refractivity contribution is -0.384. The number of aryl methyl sites for hydroxylation is 2. The van der Waals surface area contributed by atoms with E-state index in [4.69, 9.17) is 4.42 Å². The van der Waals surface area contributed by atoms with Gasteiger partial charge in [-0.1, -0.05) is 23.9 Å². The van der Waals surface area contributed by atoms with Crippen LogP contribution in [0.15, 0.2) is 46.2 Å². The molecular weight excluding hydrogens is 370 g/mol. The Hall–Kier alpha value is -3.27. The van der Waals surface area contributed by atoms with Crippen molar-refractivity contribution in [1.82, 2.24) is 15.2 Å². The second kappa shape index (κ2) is 7.96. The standard InChI is InChI=1S/C17H15N5O4S/c1-10-7-11(2)15(13(8-10)22(24)25)19-14(23)9-27-17-21-20-16(26-17)12-5-3-4-6-18-12/h3-8H,9H2,1-2H3,(H,19,23). The van der Waals surface area contributed by atoms with Gasteiger partial charge in [0, 0.05) is 12.3 Å². The minimum atomic E-state index is -0.514. The first-order valence-corrected chi connectivity index (χ1v) is 8.86. The summed E-state index contributed by atoms with van der Waals surface area (Å²) >= 11 is 1.04. The third kappa shape index (κ3) is 4.47. The number of nitrogens with zero attached hydrogens (tertiary/aromatic N) is 4. The fourth-order valence-electron chi connectivity index (χ4n) is 2.42. The zero-order chi connectivity index (χ0) is 19.4. The van der Waals surface area contributed by atoms with Crippen molar-refractivity contribution in [2.75, 3.05) is 11.1 Å². The lowest BCUT2D eigenvalue weighted by Gasteiger charge is -2.09. The number of amides is 1. The highest BCUT2D eigenvalue weighted by atomic mass is 32.2. The molecule has 0 bridgehead atoms. The minimum absolute atomic E-state index is 0.0334. The molecular formula is C17H15N5O4S. The fourth-order valence-corrected chi connectivity index (χ4v) is 2.98. The molecule has 0 unspecified atom stereocenters. The number of hydrogen-bond acceptors (Lipinski definition) is 8. The maximum atomic E-state index is 12.2. The molecule has 0 atom stereocenters. The van der Waals surface area contributed by atoms with Crippen LogP contribution in [-0.4, -0.2) is 31.8 Å². The molecule has 0 aliphatic carbocycles. The molecule has 0 saturated heterocycles. The van der Waals surface area contributed by atoms with Crippen LogP contribution in [0, 0.1) is 24.0 Å². The summed E-state index contributed by atoms with van der Waals surface area (Å²) in [6.45, 7) is 3.47. The fraction of sp³-hybridized carbons (Fsp3) is 0.176. The van der Waals surface area contributed by atoms with Crippen molar-refractivity contribution < 1.29 is 14.1 Å². The molecule has 0 spiro atoms. The van der Waals surface area contributed by atoms with E-state index in [0.29, 0.717) is 11.3 Å². The summed E-state index contributed by atoms with van der Waals surface area (Å²) in [5.41, 5.74) is 1.96. The first kappa shape index (κ1) is 18.5. The summed E-state index contributed by atoms with van der Waals surface area (Å²) in [4.78, 5) is 27.0. The van der Waals surface area contributed by atoms with Crippen LogP contribution < -0.4 is 5.32 Å². The molecule has 1 aromatic carbocycles. The van der Waals surface area contributed by atoms with E-state index in [1.807, 2.05) is 0 Å². The first-order valence-electron chi connectivity index (χ1n) is 7.87. The minimum Gasteiger partial charge on any atom is -0.410 e. The quantitative estimate of drug-likeness (QED) is 0.389. The van der Waals surface area contributed by atoms with Crippen LogP contribution in [0.3, 0.4) is 0 Å². The summed E-state index contributed by atoms with van der Waals surface area (Å²) in [6, 6.07) is 8.49. The maximum Gasteiger partial charge on any atom is 0.293 e. The van der Waals surface area contributed by atoms with E-state index in [-0.39, 0.29) is 28.2 Å². The number of nitro groups is 1. The van der Waals surface area contributed by atoms with E-state index in [0.717, 1.165) is 17.3 Å². The average molecular weight is 385 g/mol. The second-order valence-corrected chi connectivity index (χ2v) is 6.58. The van der Waals surface area contributed by atoms with Gasteiger partial charge in [0.15, 0.2) is 0 Å². The van der Waals surface area contributed by atoms with Crippen LogP contribution in [0.25, 0.3) is 11.6 Å². The van der Waals surface area contributed by atoms with Gasteiger partial charge >= 0.3 is 0 Å². The van der Waals surface area contributed by atoms with Gasteiger partial charge in [-0.25, -0.2) is 0 Å². The van der Waals surface area contributed by atoms with Crippen molar-refractivity contribution in [3.8, 4) is 11.6 Å². The molecule has 0 aliphatic heterocycles. The van der Waals surface area contributed by atoms with Crippen LogP contribution in [-0.2, 0) is 4.79 Å². The van der Waals surface area contributed by atoms with Crippen LogP contribution in [0.2, 0.25) is 0 Å². The van der Waals surface area contributed by atoms with Crippen molar-refractivity contribution in [1.29, 1.82) is 0 Å². The third-order valence-electron chi connectivity index (χ3n) is 3.54. The van der Waals surface area contributed by atoms with Crippen LogP contribution in [0.4, 0.5) is 11.4 Å². The van der Waals surface area contributed by atoms with Gasteiger partial charge in [-0.2, -0.15) is 0 Å². The Labute approximate surface area is 158 Å². The Balaban J connectivity index is 1.66. The zero-order valence-electron chi connectivity index (χ0n) is 14.5. The van der Waals surface area contributed by atoms with E-state index in [9.17, 15) is 14.9 Å². The molecule has 3 aromatic rings. The van der Waals surface area contributed by atoms with Gasteiger partial charge in [0.2, 0.25) is 5.91 Å². The zero-order valence-corrected chi connectivity index (χ0v) is 15.3. The molecule has 2 heterocycles. The molecule has 10 heteroatoms. The van der Waals surface area contributed by atoms with E-state index in [1.54, 1.807) is 44.3 Å². The Bertz CT molecular complexity index is 990. The topological polar surface area (TPSA) is 124 Å². The number of nitro benzene ring substituents is 1. The van der Waals surface area contributed by atoms with Gasteiger partial charge in [-0.05, 0) is 37.1 Å². The molecule has 3 rings (SSSR count). The predicted molar refractivity (Wildman–Crippen MR) is 99.5 cm³/mol. The number of rotatable bonds is 6. The van der Waals surface area contributed by atoms with Gasteiger partial charge in [0.1, 0.15) is 11.4 Å². The number of nitrogens with one attached hydrogen (secondary N) is 1. The Morgan fingerprint density at radius 3 is 2.81 bits per heavy atom. The van der Waals surface area contributed by atoms with Crippen LogP contribution in [0.1, 0.15) is 11.1 Å². The highest BCUT2D eigenvalue weighted by Crippen LogP contribution is 2.30. The number of carbonyl (C=O) groups excluding carboxylic acids is 1. The van der Waals surface area contributed by atoms with Crippen molar-refractivity contribution >= 4 is 29.0 Å². The lowest BCUT2D eigenvalue weighted by Crippen LogP contribution is -2.16. The van der Waals surface area contributed by atoms with Crippen molar-refractivity contribution in [3.05, 3.63) is 57.8 Å². The predicted octanol–water partition coefficient (Wildman–Crippen LogP) is 3.39. The summed E-state index contributed by atoms with van der Waals surface area (Å²) in [6.07, 6.45) is 1.61. The van der Waals surface area contributed by atoms with Gasteiger partial charge in [-0.3, -0.25) is 19.9 Å². The normalized spacial score (nSPS) is 10.6. The Kier molecular flexibility index (Phi) is 5.46. The van der Waals surface area contributed by atoms with Crippen molar-refractivity contribution in [2.24, 2.45) is 0 Å². The molecule has 0 fully saturated rings. The van der Waals surface area contributed by atoms with E-state index in [2.05, 4.69) is 20.5 Å². The van der Waals surface area contributed by atoms with E-state index >= 15 is 0 Å². The molecule has 9 nitrogen and oxygen atoms in total. The average Bonchev–Trinajstić information content (AvgIpc) is 3.11. The smallest absolute Gasteiger partial charge is 0.293 e. The maximum absolute atomic E-state index is 12.2. The summed E-state index contributed by atoms with van der Waals surface area (Å²) in [5, 5.41) is 21.8. The van der Waals surface area contributed by atoms with Gasteiger partial charge in [-0.15, -0.1) is 10.2 Å². The third-order valence-corrected chi connectivity index (χ3v) is 4.36. The molecule has 0 aliphatic rings. The van der Waals surface area contributed by atoms with Gasteiger partial charge < -0.3 is 9.73 Å². The lowest BCUT2D eigenvalue weighted by atomic mass is 10.1. The van der Waals surface area contributed by atoms with Crippen LogP contribution in [0.5, 0.6) is 0 Å². The molecule has 2 aromatic heterocycles. The van der Waals surface area contributed by atoms with Gasteiger partial charge in [0.05, 0.1) is 10.7 Å². The molecule has 1 N–H and O–H groups in total. The Morgan fingerprint density at radius 2 is 2.11 bits per heavy atom. The van der Waals surface area contributed by atoms with Crippen LogP contribution >= 0.6 is 11.8 Å². The summed E-state index contributed by atoms with van der Waals surface area (Å²) in [7, 11) is 0. The largest absolute Gasteiger partial charge is 0.410 e. The second-order valence-electron chi connectivity index (χ2n) is 5.66. The van der Waals surface area contributed by atoms with Gasteiger partial charge in [0.25, 0.3) is 16.8 Å². The molecule has 27 heavy (non-hydrogen) atoms. The number of carbonyl (C=O) groups is 1. The van der Waals surface area contributed by atoms with E-state index in [1.165, 1.54) is 6.07 Å². The first-order chi connectivity index (χ1) is 12.9. The SMILES string of the molecule is Cc1cc(C)c(NC(=O)CSc2nnc(-c3ccccn3)o2)c([N+](=O)[O-])c1. The number of hydrogen-bond donors (Lipinski definition) is 1. The molecule has 0 saturated carbocycles. The Morgan fingerprint density at radius 1 is 1.30 bits per heavy atom. The number of thioether (sulfide) groups is 1. The summed E-state index contributed by atoms with van der Waals surface area (Å²) in [5.74, 6) is -0.190. The molecule has 1 amide bonds. The number of pyridine rings is 1. The monoisotopic (exact) mass is 385 g/mol. The molecule has 138 valence electrons. The molecule has 0 radical (unpaired) electrons. The summed E-state index contributed by atoms with van der Waals surface area (Å²) < 4.78 is 5.46. The van der Waals surface area contributed by atoms with Crippen molar-refractivity contribution in [2.45, 2.75) is 19.1 Å². The van der Waals surface area contributed by atoms with E-state index < -0.39 is 10.8 Å². The highest BCUT2D eigenvalue weighted by Gasteiger charge is 2.19. The number of aromatic nitrogens is 3. The van der Waals surface area contributed by atoms with Crippen molar-refractivity contribution in [3.63, 3.8) is 0 Å². The highest BCUT2D eigenvalue weighted by molar-refractivity contribution is 7.99. The number of benzene rings is 1.